The van der Waals surface area contributed by atoms with Gasteiger partial charge in [-0.3, -0.25) is 4.79 Å². The van der Waals surface area contributed by atoms with Crippen molar-refractivity contribution in [1.29, 1.82) is 0 Å². The number of carbonyl (C=O) groups excluding carboxylic acids is 1. The lowest BCUT2D eigenvalue weighted by Gasteiger charge is -2.23. The fraction of sp³-hybridized carbons (Fsp3) is 0.435. The number of aromatic nitrogens is 3. The van der Waals surface area contributed by atoms with Crippen LogP contribution in [0.25, 0.3) is 10.9 Å². The number of aryl methyl sites for hydroxylation is 1. The Hall–Kier alpha value is -2.89. The quantitative estimate of drug-likeness (QED) is 0.659. The molecule has 0 aliphatic heterocycles. The molecule has 0 aliphatic rings. The number of H-pyrrole nitrogens is 1. The van der Waals surface area contributed by atoms with Crippen LogP contribution in [0.5, 0.6) is 0 Å². The highest BCUT2D eigenvalue weighted by Gasteiger charge is 2.23. The second-order valence-corrected chi connectivity index (χ2v) is 9.01. The minimum atomic E-state index is -0.232. The van der Waals surface area contributed by atoms with Crippen molar-refractivity contribution in [1.82, 2.24) is 20.3 Å². The summed E-state index contributed by atoms with van der Waals surface area (Å²) >= 11 is 0. The Morgan fingerprint density at radius 1 is 1.21 bits per heavy atom. The van der Waals surface area contributed by atoms with E-state index in [0.717, 1.165) is 22.6 Å². The molecule has 1 unspecified atom stereocenters. The van der Waals surface area contributed by atoms with E-state index in [0.29, 0.717) is 18.7 Å². The molecule has 2 aromatic heterocycles. The van der Waals surface area contributed by atoms with Crippen molar-refractivity contribution in [3.8, 4) is 0 Å². The number of nitrogens with one attached hydrogen (secondary N) is 2. The number of aromatic amines is 1. The lowest BCUT2D eigenvalue weighted by molar-refractivity contribution is -0.123. The summed E-state index contributed by atoms with van der Waals surface area (Å²) in [5.41, 5.74) is 3.00. The Morgan fingerprint density at radius 3 is 2.62 bits per heavy atom. The van der Waals surface area contributed by atoms with Crippen molar-refractivity contribution in [2.24, 2.45) is 5.41 Å². The fourth-order valence-corrected chi connectivity index (χ4v) is 3.46. The zero-order valence-corrected chi connectivity index (χ0v) is 18.2. The van der Waals surface area contributed by atoms with Crippen molar-refractivity contribution < 1.29 is 4.79 Å². The average Bonchev–Trinajstić information content (AvgIpc) is 3.02. The molecule has 0 bridgehead atoms. The number of nitrogens with zero attached hydrogens (tertiary/aromatic N) is 3. The molecule has 3 aromatic rings. The summed E-state index contributed by atoms with van der Waals surface area (Å²) in [6.07, 6.45) is 3.14. The average molecular weight is 394 g/mol. The van der Waals surface area contributed by atoms with Crippen LogP contribution in [0.15, 0.2) is 36.5 Å². The summed E-state index contributed by atoms with van der Waals surface area (Å²) < 4.78 is 0. The van der Waals surface area contributed by atoms with Crippen molar-refractivity contribution in [3.05, 3.63) is 53.6 Å². The molecule has 6 heteroatoms. The largest absolute Gasteiger partial charge is 0.363 e. The predicted octanol–water partition coefficient (Wildman–Crippen LogP) is 4.17. The Kier molecular flexibility index (Phi) is 5.91. The van der Waals surface area contributed by atoms with Crippen molar-refractivity contribution >= 4 is 22.6 Å². The first kappa shape index (κ1) is 20.8. The number of fused-ring (bicyclic) bond motifs is 1. The number of benzene rings is 1. The Bertz CT molecular complexity index is 1000. The lowest BCUT2D eigenvalue weighted by atomic mass is 9.91. The minimum absolute atomic E-state index is 0.0324. The van der Waals surface area contributed by atoms with Crippen LogP contribution in [0.1, 0.15) is 50.3 Å². The fourth-order valence-electron chi connectivity index (χ4n) is 3.46. The molecule has 29 heavy (non-hydrogen) atoms. The highest BCUT2D eigenvalue weighted by molar-refractivity contribution is 5.83. The molecule has 1 aromatic carbocycles. The summed E-state index contributed by atoms with van der Waals surface area (Å²) in [7, 11) is 3.91. The highest BCUT2D eigenvalue weighted by Crippen LogP contribution is 2.26. The van der Waals surface area contributed by atoms with Gasteiger partial charge in [0, 0.05) is 50.1 Å². The highest BCUT2D eigenvalue weighted by atomic mass is 16.1. The van der Waals surface area contributed by atoms with E-state index in [1.807, 2.05) is 50.3 Å². The maximum atomic E-state index is 12.8. The summed E-state index contributed by atoms with van der Waals surface area (Å²) in [5, 5.41) is 4.39. The van der Waals surface area contributed by atoms with E-state index in [4.69, 9.17) is 0 Å². The van der Waals surface area contributed by atoms with Crippen LogP contribution in [0.2, 0.25) is 0 Å². The van der Waals surface area contributed by atoms with E-state index in [1.54, 1.807) is 0 Å². The first-order valence-corrected chi connectivity index (χ1v) is 9.99. The van der Waals surface area contributed by atoms with Gasteiger partial charge in [-0.2, -0.15) is 0 Å². The van der Waals surface area contributed by atoms with Crippen molar-refractivity contribution in [2.45, 2.75) is 46.6 Å². The van der Waals surface area contributed by atoms with Gasteiger partial charge in [0.1, 0.15) is 11.6 Å². The van der Waals surface area contributed by atoms with Gasteiger partial charge in [-0.1, -0.05) is 39.0 Å². The van der Waals surface area contributed by atoms with Crippen molar-refractivity contribution in [3.63, 3.8) is 0 Å². The number of para-hydroxylation sites is 1. The maximum absolute atomic E-state index is 12.8. The first-order chi connectivity index (χ1) is 13.6. The molecule has 2 heterocycles. The van der Waals surface area contributed by atoms with Crippen LogP contribution in [0.3, 0.4) is 0 Å². The van der Waals surface area contributed by atoms with E-state index < -0.39 is 0 Å². The van der Waals surface area contributed by atoms with Crippen LogP contribution in [-0.4, -0.2) is 35.0 Å². The minimum Gasteiger partial charge on any atom is -0.363 e. The van der Waals surface area contributed by atoms with E-state index in [2.05, 4.69) is 53.2 Å². The normalized spacial score (nSPS) is 12.8. The number of hydrogen-bond acceptors (Lipinski definition) is 4. The number of hydrogen-bond donors (Lipinski definition) is 2. The zero-order valence-electron chi connectivity index (χ0n) is 18.2. The molecular weight excluding hydrogens is 362 g/mol. The van der Waals surface area contributed by atoms with Gasteiger partial charge >= 0.3 is 0 Å². The lowest BCUT2D eigenvalue weighted by Crippen LogP contribution is -2.33. The van der Waals surface area contributed by atoms with Gasteiger partial charge in [0.2, 0.25) is 5.91 Å². The summed E-state index contributed by atoms with van der Waals surface area (Å²) in [6.45, 7) is 8.09. The van der Waals surface area contributed by atoms with Crippen LogP contribution in [0.4, 0.5) is 5.82 Å². The third kappa shape index (κ3) is 5.34. The van der Waals surface area contributed by atoms with E-state index in [9.17, 15) is 4.79 Å². The molecule has 154 valence electrons. The Morgan fingerprint density at radius 2 is 1.93 bits per heavy atom. The first-order valence-electron chi connectivity index (χ1n) is 9.99. The molecule has 0 radical (unpaired) electrons. The predicted molar refractivity (Wildman–Crippen MR) is 118 cm³/mol. The summed E-state index contributed by atoms with van der Waals surface area (Å²) in [5.74, 6) is 1.56. The van der Waals surface area contributed by atoms with E-state index in [1.165, 1.54) is 5.39 Å². The number of rotatable bonds is 6. The molecule has 0 spiro atoms. The molecule has 0 saturated carbocycles. The van der Waals surface area contributed by atoms with Crippen LogP contribution >= 0.6 is 0 Å². The molecule has 0 saturated heterocycles. The third-order valence-electron chi connectivity index (χ3n) is 4.78. The van der Waals surface area contributed by atoms with Gasteiger partial charge in [-0.05, 0) is 24.0 Å². The van der Waals surface area contributed by atoms with Gasteiger partial charge < -0.3 is 15.2 Å². The topological polar surface area (TPSA) is 73.9 Å². The molecule has 0 fully saturated rings. The van der Waals surface area contributed by atoms with Crippen LogP contribution < -0.4 is 10.2 Å². The Labute approximate surface area is 172 Å². The molecule has 2 N–H and O–H groups in total. The molecular formula is C23H31N5O. The monoisotopic (exact) mass is 393 g/mol. The number of anilines is 1. The standard InChI is InChI=1S/C23H31N5O/c1-15-25-20(12-21(26-15)28(5)6)19(27-22(29)13-23(2,3)4)11-16-14-24-18-10-8-7-9-17(16)18/h7-10,12,14,19,24H,11,13H2,1-6H3,(H,27,29). The second kappa shape index (κ2) is 8.23. The van der Waals surface area contributed by atoms with Gasteiger partial charge in [-0.25, -0.2) is 9.97 Å². The van der Waals surface area contributed by atoms with Crippen molar-refractivity contribution in [2.75, 3.05) is 19.0 Å². The number of amides is 1. The zero-order chi connectivity index (χ0) is 21.2. The molecule has 3 rings (SSSR count). The van der Waals surface area contributed by atoms with Gasteiger partial charge in [0.15, 0.2) is 0 Å². The summed E-state index contributed by atoms with van der Waals surface area (Å²) in [6, 6.07) is 9.94. The van der Waals surface area contributed by atoms with Crippen LogP contribution in [0, 0.1) is 12.3 Å². The molecule has 1 amide bonds. The third-order valence-corrected chi connectivity index (χ3v) is 4.78. The van der Waals surface area contributed by atoms with E-state index >= 15 is 0 Å². The second-order valence-electron chi connectivity index (χ2n) is 9.01. The van der Waals surface area contributed by atoms with Crippen LogP contribution in [-0.2, 0) is 11.2 Å². The van der Waals surface area contributed by atoms with Gasteiger partial charge in [-0.15, -0.1) is 0 Å². The van der Waals surface area contributed by atoms with Gasteiger partial charge in [0.05, 0.1) is 11.7 Å². The maximum Gasteiger partial charge on any atom is 0.221 e. The smallest absolute Gasteiger partial charge is 0.221 e. The van der Waals surface area contributed by atoms with E-state index in [-0.39, 0.29) is 17.4 Å². The SMILES string of the molecule is Cc1nc(C(Cc2c[nH]c3ccccc23)NC(=O)CC(C)(C)C)cc(N(C)C)n1. The Balaban J connectivity index is 1.96. The number of carbonyl (C=O) groups is 1. The molecule has 1 atom stereocenters. The van der Waals surface area contributed by atoms with Gasteiger partial charge in [0.25, 0.3) is 0 Å². The molecule has 0 aliphatic carbocycles. The summed E-state index contributed by atoms with van der Waals surface area (Å²) in [4.78, 5) is 27.2. The molecule has 6 nitrogen and oxygen atoms in total.